The van der Waals surface area contributed by atoms with Gasteiger partial charge in [-0.3, -0.25) is 10.1 Å². The third kappa shape index (κ3) is 3.06. The van der Waals surface area contributed by atoms with Crippen molar-refractivity contribution in [2.24, 2.45) is 0 Å². The Morgan fingerprint density at radius 1 is 1.53 bits per heavy atom. The lowest BCUT2D eigenvalue weighted by Gasteiger charge is -2.11. The molecular weight excluding hydrogens is 246 g/mol. The molecule has 2 rings (SSSR count). The summed E-state index contributed by atoms with van der Waals surface area (Å²) >= 11 is 0. The lowest BCUT2D eigenvalue weighted by atomic mass is 10.1. The second-order valence-electron chi connectivity index (χ2n) is 4.31. The highest BCUT2D eigenvalue weighted by atomic mass is 16.6. The molecule has 0 radical (unpaired) electrons. The molecule has 0 fully saturated rings. The zero-order valence-corrected chi connectivity index (χ0v) is 10.8. The number of pyridine rings is 1. The SMILES string of the molecule is Cc1nc(NCC(C)c2ncc[nH]2)ccc1[N+](=O)[O-]. The molecule has 0 aromatic carbocycles. The molecule has 2 aromatic heterocycles. The van der Waals surface area contributed by atoms with Crippen molar-refractivity contribution in [3.05, 3.63) is 46.2 Å². The first-order valence-corrected chi connectivity index (χ1v) is 5.93. The average Bonchev–Trinajstić information content (AvgIpc) is 2.89. The minimum atomic E-state index is -0.433. The molecule has 1 atom stereocenters. The third-order valence-electron chi connectivity index (χ3n) is 2.83. The fourth-order valence-electron chi connectivity index (χ4n) is 1.75. The Morgan fingerprint density at radius 3 is 2.89 bits per heavy atom. The summed E-state index contributed by atoms with van der Waals surface area (Å²) < 4.78 is 0. The second kappa shape index (κ2) is 5.47. The number of imidazole rings is 1. The number of nitrogens with one attached hydrogen (secondary N) is 2. The lowest BCUT2D eigenvalue weighted by molar-refractivity contribution is -0.385. The Labute approximate surface area is 110 Å². The van der Waals surface area contributed by atoms with Crippen LogP contribution in [-0.4, -0.2) is 26.4 Å². The van der Waals surface area contributed by atoms with Gasteiger partial charge in [-0.2, -0.15) is 0 Å². The third-order valence-corrected chi connectivity index (χ3v) is 2.83. The van der Waals surface area contributed by atoms with Gasteiger partial charge in [-0.15, -0.1) is 0 Å². The Morgan fingerprint density at radius 2 is 2.32 bits per heavy atom. The van der Waals surface area contributed by atoms with Crippen molar-refractivity contribution < 1.29 is 4.92 Å². The molecule has 0 saturated carbocycles. The van der Waals surface area contributed by atoms with Crippen molar-refractivity contribution in [2.45, 2.75) is 19.8 Å². The van der Waals surface area contributed by atoms with Crippen molar-refractivity contribution in [1.29, 1.82) is 0 Å². The molecule has 19 heavy (non-hydrogen) atoms. The quantitative estimate of drug-likeness (QED) is 0.635. The van der Waals surface area contributed by atoms with Crippen LogP contribution >= 0.6 is 0 Å². The summed E-state index contributed by atoms with van der Waals surface area (Å²) in [4.78, 5) is 21.6. The maximum absolute atomic E-state index is 10.7. The van der Waals surface area contributed by atoms with Gasteiger partial charge in [0.05, 0.1) is 4.92 Å². The van der Waals surface area contributed by atoms with Crippen LogP contribution in [0.2, 0.25) is 0 Å². The summed E-state index contributed by atoms with van der Waals surface area (Å²) in [5, 5.41) is 13.8. The molecule has 2 N–H and O–H groups in total. The fourth-order valence-corrected chi connectivity index (χ4v) is 1.75. The minimum Gasteiger partial charge on any atom is -0.369 e. The number of aryl methyl sites for hydroxylation is 1. The van der Waals surface area contributed by atoms with E-state index in [-0.39, 0.29) is 11.6 Å². The van der Waals surface area contributed by atoms with Gasteiger partial charge < -0.3 is 10.3 Å². The fraction of sp³-hybridized carbons (Fsp3) is 0.333. The van der Waals surface area contributed by atoms with Gasteiger partial charge in [-0.1, -0.05) is 6.92 Å². The van der Waals surface area contributed by atoms with E-state index in [1.165, 1.54) is 6.07 Å². The first kappa shape index (κ1) is 13.0. The number of hydrogen-bond donors (Lipinski definition) is 2. The van der Waals surface area contributed by atoms with E-state index in [2.05, 4.69) is 20.3 Å². The molecule has 0 aliphatic carbocycles. The number of anilines is 1. The van der Waals surface area contributed by atoms with E-state index >= 15 is 0 Å². The number of nitrogens with zero attached hydrogens (tertiary/aromatic N) is 3. The largest absolute Gasteiger partial charge is 0.369 e. The molecular formula is C12H15N5O2. The molecule has 2 aromatic rings. The molecule has 1 unspecified atom stereocenters. The van der Waals surface area contributed by atoms with Gasteiger partial charge in [0.1, 0.15) is 17.3 Å². The predicted molar refractivity (Wildman–Crippen MR) is 71.1 cm³/mol. The topological polar surface area (TPSA) is 96.7 Å². The molecule has 0 aliphatic heterocycles. The molecule has 7 nitrogen and oxygen atoms in total. The van der Waals surface area contributed by atoms with Gasteiger partial charge in [-0.25, -0.2) is 9.97 Å². The summed E-state index contributed by atoms with van der Waals surface area (Å²) in [7, 11) is 0. The minimum absolute atomic E-state index is 0.0321. The van der Waals surface area contributed by atoms with Crippen LogP contribution in [0.1, 0.15) is 24.4 Å². The maximum Gasteiger partial charge on any atom is 0.290 e. The summed E-state index contributed by atoms with van der Waals surface area (Å²) in [5.74, 6) is 1.72. The van der Waals surface area contributed by atoms with E-state index < -0.39 is 4.92 Å². The van der Waals surface area contributed by atoms with E-state index in [9.17, 15) is 10.1 Å². The monoisotopic (exact) mass is 261 g/mol. The second-order valence-corrected chi connectivity index (χ2v) is 4.31. The van der Waals surface area contributed by atoms with Crippen LogP contribution in [0.3, 0.4) is 0 Å². The number of H-pyrrole nitrogens is 1. The van der Waals surface area contributed by atoms with E-state index in [0.717, 1.165) is 5.82 Å². The van der Waals surface area contributed by atoms with E-state index in [1.807, 2.05) is 6.92 Å². The van der Waals surface area contributed by atoms with Gasteiger partial charge in [0, 0.05) is 30.9 Å². The highest BCUT2D eigenvalue weighted by molar-refractivity contribution is 5.44. The molecule has 0 aliphatic rings. The molecule has 0 saturated heterocycles. The zero-order chi connectivity index (χ0) is 13.8. The molecule has 2 heterocycles. The normalized spacial score (nSPS) is 12.1. The van der Waals surface area contributed by atoms with E-state index in [4.69, 9.17) is 0 Å². The number of rotatable bonds is 5. The first-order chi connectivity index (χ1) is 9.08. The Hall–Kier alpha value is -2.44. The van der Waals surface area contributed by atoms with Gasteiger partial charge in [-0.05, 0) is 13.0 Å². The number of nitro groups is 1. The van der Waals surface area contributed by atoms with Crippen LogP contribution in [0.25, 0.3) is 0 Å². The van der Waals surface area contributed by atoms with Crippen molar-refractivity contribution >= 4 is 11.5 Å². The maximum atomic E-state index is 10.7. The molecule has 0 bridgehead atoms. The highest BCUT2D eigenvalue weighted by Gasteiger charge is 2.12. The Kier molecular flexibility index (Phi) is 3.74. The molecule has 7 heteroatoms. The van der Waals surface area contributed by atoms with E-state index in [0.29, 0.717) is 18.1 Å². The smallest absolute Gasteiger partial charge is 0.290 e. The first-order valence-electron chi connectivity index (χ1n) is 5.93. The van der Waals surface area contributed by atoms with Crippen LogP contribution in [0, 0.1) is 17.0 Å². The van der Waals surface area contributed by atoms with E-state index in [1.54, 1.807) is 25.4 Å². The van der Waals surface area contributed by atoms with Gasteiger partial charge in [0.15, 0.2) is 0 Å². The molecule has 0 amide bonds. The van der Waals surface area contributed by atoms with Gasteiger partial charge in [0.2, 0.25) is 0 Å². The van der Waals surface area contributed by atoms with Crippen molar-refractivity contribution in [1.82, 2.24) is 15.0 Å². The number of hydrogen-bond acceptors (Lipinski definition) is 5. The van der Waals surface area contributed by atoms with Crippen LogP contribution in [0.5, 0.6) is 0 Å². The Bertz CT molecular complexity index is 568. The lowest BCUT2D eigenvalue weighted by Crippen LogP contribution is -2.12. The number of aromatic amines is 1. The summed E-state index contributed by atoms with van der Waals surface area (Å²) in [5.41, 5.74) is 0.435. The van der Waals surface area contributed by atoms with Crippen molar-refractivity contribution in [3.8, 4) is 0 Å². The van der Waals surface area contributed by atoms with Crippen LogP contribution in [0.4, 0.5) is 11.5 Å². The standard InChI is InChI=1S/C12H15N5O2/c1-8(12-13-5-6-14-12)7-15-11-4-3-10(17(18)19)9(2)16-11/h3-6,8H,7H2,1-2H3,(H,13,14)(H,15,16). The van der Waals surface area contributed by atoms with Crippen molar-refractivity contribution in [2.75, 3.05) is 11.9 Å². The summed E-state index contributed by atoms with van der Waals surface area (Å²) in [6.45, 7) is 4.31. The van der Waals surface area contributed by atoms with Gasteiger partial charge >= 0.3 is 0 Å². The summed E-state index contributed by atoms with van der Waals surface area (Å²) in [6.07, 6.45) is 3.49. The number of aromatic nitrogens is 3. The highest BCUT2D eigenvalue weighted by Crippen LogP contribution is 2.18. The van der Waals surface area contributed by atoms with Crippen molar-refractivity contribution in [3.63, 3.8) is 0 Å². The van der Waals surface area contributed by atoms with Crippen LogP contribution in [0.15, 0.2) is 24.5 Å². The molecule has 0 spiro atoms. The predicted octanol–water partition coefficient (Wildman–Crippen LogP) is 2.24. The van der Waals surface area contributed by atoms with Crippen LogP contribution in [-0.2, 0) is 0 Å². The zero-order valence-electron chi connectivity index (χ0n) is 10.8. The Balaban J connectivity index is 2.00. The molecule has 100 valence electrons. The van der Waals surface area contributed by atoms with Gasteiger partial charge in [0.25, 0.3) is 5.69 Å². The summed E-state index contributed by atoms with van der Waals surface area (Å²) in [6, 6.07) is 3.07. The average molecular weight is 261 g/mol. The van der Waals surface area contributed by atoms with Crippen LogP contribution < -0.4 is 5.32 Å².